The van der Waals surface area contributed by atoms with Crippen molar-refractivity contribution in [1.82, 2.24) is 39.3 Å². The van der Waals surface area contributed by atoms with E-state index in [0.29, 0.717) is 31.0 Å². The number of amides is 1. The molecular formula is C43H50BrCuIN11O6S2. The van der Waals surface area contributed by atoms with Crippen LogP contribution in [-0.4, -0.2) is 110 Å². The first-order chi connectivity index (χ1) is 31.1. The average Bonchev–Trinajstić information content (AvgIpc) is 3.31. The summed E-state index contributed by atoms with van der Waals surface area (Å²) in [5, 5.41) is 1.91. The molecule has 2 aliphatic rings. The number of nitrogens with two attached hydrogens (primary N) is 1. The van der Waals surface area contributed by atoms with E-state index in [1.165, 1.54) is 18.7 Å². The first kappa shape index (κ1) is 51.7. The van der Waals surface area contributed by atoms with Crippen molar-refractivity contribution in [3.8, 4) is 0 Å². The van der Waals surface area contributed by atoms with Crippen molar-refractivity contribution in [1.29, 1.82) is 0 Å². The number of pyridine rings is 2. The van der Waals surface area contributed by atoms with Gasteiger partial charge in [0.05, 0.1) is 23.5 Å². The molecule has 2 fully saturated rings. The van der Waals surface area contributed by atoms with Gasteiger partial charge in [-0.05, 0) is 97.7 Å². The average molecular weight is 1150 g/mol. The predicted octanol–water partition coefficient (Wildman–Crippen LogP) is 5.44. The second kappa shape index (κ2) is 25.0. The van der Waals surface area contributed by atoms with Gasteiger partial charge < -0.3 is 15.5 Å². The minimum atomic E-state index is -3.21. The number of fused-ring (bicyclic) bond motifs is 2. The number of ketones is 1. The van der Waals surface area contributed by atoms with Crippen LogP contribution in [0.15, 0.2) is 102 Å². The number of Topliss-reactive ketones (excluding diaryl/α,β-unsaturated/α-hetero) is 1. The van der Waals surface area contributed by atoms with Crippen LogP contribution in [0.2, 0.25) is 0 Å². The molecule has 0 spiro atoms. The molecule has 8 rings (SSSR count). The Hall–Kier alpha value is -4.29. The number of carbonyl (C=O) groups excluding carboxylic acids is 2. The Morgan fingerprint density at radius 3 is 1.66 bits per heavy atom. The Bertz CT molecular complexity index is 2750. The number of sulfonamides is 2. The topological polar surface area (TPSA) is 236 Å². The van der Waals surface area contributed by atoms with Gasteiger partial charge in [0.15, 0.2) is 5.78 Å². The van der Waals surface area contributed by atoms with Gasteiger partial charge in [-0.1, -0.05) is 34.1 Å². The zero-order valence-corrected chi connectivity index (χ0v) is 42.0. The molecule has 22 heteroatoms. The Labute approximate surface area is 407 Å². The quantitative estimate of drug-likeness (QED) is 0.0787. The fraction of sp³-hybridized carbons (Fsp3) is 0.349. The standard InChI is InChI=1S/C22H25N5O3S.C15H19BrN4O2S.C6H6N2O.Cu.HI/c1-31(29,30)26-13-17-5-4-10-27(14-17)22-18-11-16(7-8-19(18)24-15-25-22)12-21(28)20-6-2-3-9-23-20;1-23(21,22)19-8-11-3-2-6-20(9-11)15-13-7-12(16)4-5-14(13)17-10-18-15;7-6(9)5-3-1-2-4-8-5;;/h2-3,6-9,11,15,17,26H,4-5,10,12-14H2,1H3;4-5,7,10-11,19H,2-3,6,8-9H2,1H3;1-4H,(H2,7,9);;1H/q;;;+1;/p-1. The molecule has 4 aromatic heterocycles. The van der Waals surface area contributed by atoms with Gasteiger partial charge in [-0.15, -0.1) is 0 Å². The van der Waals surface area contributed by atoms with E-state index in [2.05, 4.69) is 77.8 Å². The number of anilines is 2. The summed E-state index contributed by atoms with van der Waals surface area (Å²) >= 11 is 9.37. The summed E-state index contributed by atoms with van der Waals surface area (Å²) in [5.41, 5.74) is 8.27. The van der Waals surface area contributed by atoms with Gasteiger partial charge in [0, 0.05) is 73.3 Å². The number of halogens is 2. The van der Waals surface area contributed by atoms with E-state index < -0.39 is 26.0 Å². The third-order valence-electron chi connectivity index (χ3n) is 10.4. The molecule has 1 amide bonds. The summed E-state index contributed by atoms with van der Waals surface area (Å²) < 4.78 is 51.7. The number of aromatic nitrogens is 6. The third-order valence-corrected chi connectivity index (χ3v) is 12.3. The molecule has 6 aromatic rings. The van der Waals surface area contributed by atoms with Crippen molar-refractivity contribution in [2.24, 2.45) is 17.6 Å². The maximum atomic E-state index is 12.6. The van der Waals surface area contributed by atoms with Crippen LogP contribution in [0.4, 0.5) is 11.6 Å². The molecule has 2 saturated heterocycles. The first-order valence-electron chi connectivity index (χ1n) is 20.4. The summed E-state index contributed by atoms with van der Waals surface area (Å²) in [6.07, 6.45) is 12.9. The van der Waals surface area contributed by atoms with Crippen molar-refractivity contribution in [3.05, 3.63) is 119 Å². The van der Waals surface area contributed by atoms with Gasteiger partial charge in [0.25, 0.3) is 5.91 Å². The normalized spacial score (nSPS) is 16.3. The van der Waals surface area contributed by atoms with Crippen LogP contribution in [0.1, 0.15) is 52.2 Å². The van der Waals surface area contributed by atoms with Gasteiger partial charge in [0.2, 0.25) is 20.0 Å². The molecule has 2 aromatic carbocycles. The third kappa shape index (κ3) is 16.5. The number of hydrogen-bond acceptors (Lipinski definition) is 14. The minimum absolute atomic E-state index is 0.0387. The number of carbonyl (C=O) groups is 2. The van der Waals surface area contributed by atoms with Crippen LogP contribution in [-0.2, 0) is 39.2 Å². The molecule has 2 unspecified atom stereocenters. The molecule has 0 radical (unpaired) electrons. The van der Waals surface area contributed by atoms with Crippen LogP contribution in [0.25, 0.3) is 21.8 Å². The number of benzene rings is 2. The van der Waals surface area contributed by atoms with Gasteiger partial charge in [-0.3, -0.25) is 19.6 Å². The Morgan fingerprint density at radius 2 is 1.20 bits per heavy atom. The summed E-state index contributed by atoms with van der Waals surface area (Å²) in [6.45, 7) is 4.17. The summed E-state index contributed by atoms with van der Waals surface area (Å²) in [6, 6.07) is 22.1. The molecule has 0 bridgehead atoms. The molecule has 4 N–H and O–H groups in total. The molecule has 65 heavy (non-hydrogen) atoms. The molecule has 2 aliphatic heterocycles. The molecule has 6 heterocycles. The van der Waals surface area contributed by atoms with E-state index in [9.17, 15) is 26.4 Å². The number of nitrogens with one attached hydrogen (secondary N) is 2. The molecule has 0 aliphatic carbocycles. The molecular weight excluding hydrogens is 1100 g/mol. The van der Waals surface area contributed by atoms with Crippen molar-refractivity contribution < 1.29 is 39.2 Å². The van der Waals surface area contributed by atoms with Crippen LogP contribution < -0.4 is 25.0 Å². The number of piperidine rings is 2. The van der Waals surface area contributed by atoms with Gasteiger partial charge in [-0.2, -0.15) is 0 Å². The van der Waals surface area contributed by atoms with E-state index in [1.54, 1.807) is 75.6 Å². The second-order valence-corrected chi connectivity index (χ2v) is 20.0. The first-order valence-corrected chi connectivity index (χ1v) is 28.0. The predicted molar refractivity (Wildman–Crippen MR) is 261 cm³/mol. The SMILES string of the molecule is CS(=O)(=O)NCC1CCCN(c2ncnc3ccc(Br)cc23)C1.CS(=O)(=O)NCC1CCCN(c2ncnc3ccc(CC(=O)c4ccccn4)cc23)C1.NC(=O)c1ccccn1.[Cu][I]. The zero-order chi connectivity index (χ0) is 47.0. The fourth-order valence-electron chi connectivity index (χ4n) is 7.42. The Balaban J connectivity index is 0.000000204. The molecule has 0 saturated carbocycles. The summed E-state index contributed by atoms with van der Waals surface area (Å²) in [5.74, 6) is 1.71. The van der Waals surface area contributed by atoms with Crippen LogP contribution in [0.3, 0.4) is 0 Å². The van der Waals surface area contributed by atoms with Crippen LogP contribution in [0, 0.1) is 11.8 Å². The van der Waals surface area contributed by atoms with Crippen molar-refractivity contribution in [3.63, 3.8) is 0 Å². The van der Waals surface area contributed by atoms with Gasteiger partial charge in [0.1, 0.15) is 35.7 Å². The van der Waals surface area contributed by atoms with Crippen molar-refractivity contribution in [2.75, 3.05) is 61.6 Å². The number of primary amides is 1. The van der Waals surface area contributed by atoms with Gasteiger partial charge >= 0.3 is 33.1 Å². The zero-order valence-electron chi connectivity index (χ0n) is 35.6. The van der Waals surface area contributed by atoms with E-state index in [-0.39, 0.29) is 24.0 Å². The Kier molecular flexibility index (Phi) is 19.9. The maximum absolute atomic E-state index is 12.6. The molecule has 17 nitrogen and oxygen atoms in total. The van der Waals surface area contributed by atoms with Crippen molar-refractivity contribution >= 4 is 101 Å². The van der Waals surface area contributed by atoms with E-state index in [4.69, 9.17) is 5.73 Å². The van der Waals surface area contributed by atoms with Crippen molar-refractivity contribution in [2.45, 2.75) is 32.1 Å². The van der Waals surface area contributed by atoms with Crippen LogP contribution >= 0.6 is 36.3 Å². The van der Waals surface area contributed by atoms with E-state index in [1.807, 2.05) is 36.4 Å². The molecule has 2 atom stereocenters. The van der Waals surface area contributed by atoms with Gasteiger partial charge in [-0.25, -0.2) is 46.2 Å². The van der Waals surface area contributed by atoms with Crippen LogP contribution in [0.5, 0.6) is 0 Å². The summed E-state index contributed by atoms with van der Waals surface area (Å²) in [7, 11) is -6.36. The number of hydrogen-bond donors (Lipinski definition) is 3. The number of rotatable bonds is 12. The second-order valence-electron chi connectivity index (χ2n) is 15.5. The number of nitrogens with zero attached hydrogens (tertiary/aromatic N) is 8. The monoisotopic (exact) mass is 1150 g/mol. The fourth-order valence-corrected chi connectivity index (χ4v) is 8.86. The van der Waals surface area contributed by atoms with E-state index >= 15 is 0 Å². The Morgan fingerprint density at radius 1 is 0.708 bits per heavy atom. The molecule has 350 valence electrons. The summed E-state index contributed by atoms with van der Waals surface area (Å²) in [4.78, 5) is 52.9. The van der Waals surface area contributed by atoms with E-state index in [0.717, 1.165) is 88.8 Å².